The van der Waals surface area contributed by atoms with E-state index in [0.717, 1.165) is 44.2 Å². The normalized spacial score (nSPS) is 22.3. The Morgan fingerprint density at radius 2 is 1.93 bits per heavy atom. The molecule has 1 saturated heterocycles. The highest BCUT2D eigenvalue weighted by molar-refractivity contribution is 5.95. The monoisotopic (exact) mass is 407 g/mol. The molecule has 0 unspecified atom stereocenters. The molecule has 0 radical (unpaired) electrons. The highest BCUT2D eigenvalue weighted by Crippen LogP contribution is 2.37. The molecular weight excluding hydrogens is 383 g/mol. The first-order valence-corrected chi connectivity index (χ1v) is 10.0. The maximum Gasteiger partial charge on any atom is 0.416 e. The molecule has 2 aromatic rings. The maximum absolute atomic E-state index is 13.3. The number of hydrogen-bond donors (Lipinski definition) is 0. The minimum atomic E-state index is -4.45. The molecule has 1 aliphatic heterocycles. The van der Waals surface area contributed by atoms with Crippen LogP contribution in [0.3, 0.4) is 0 Å². The van der Waals surface area contributed by atoms with Crippen LogP contribution in [0.5, 0.6) is 5.75 Å². The number of fused-ring (bicyclic) bond motifs is 1. The van der Waals surface area contributed by atoms with E-state index in [2.05, 4.69) is 5.10 Å². The van der Waals surface area contributed by atoms with E-state index in [-0.39, 0.29) is 29.1 Å². The van der Waals surface area contributed by atoms with Crippen LogP contribution >= 0.6 is 0 Å². The number of carbonyl (C=O) groups is 1. The lowest BCUT2D eigenvalue weighted by molar-refractivity contribution is -0.137. The second-order valence-electron chi connectivity index (χ2n) is 7.79. The number of ether oxygens (including phenoxy) is 1. The fraction of sp³-hybridized carbons (Fsp3) is 0.524. The van der Waals surface area contributed by atoms with Crippen molar-refractivity contribution in [2.24, 2.45) is 5.92 Å². The summed E-state index contributed by atoms with van der Waals surface area (Å²) in [6.45, 7) is 0.680. The van der Waals surface area contributed by atoms with E-state index >= 15 is 0 Å². The zero-order chi connectivity index (χ0) is 20.6. The van der Waals surface area contributed by atoms with Crippen LogP contribution in [0, 0.1) is 5.92 Å². The number of alkyl halides is 3. The summed E-state index contributed by atoms with van der Waals surface area (Å²) in [6, 6.07) is 5.08. The van der Waals surface area contributed by atoms with Crippen LogP contribution in [0.1, 0.15) is 54.6 Å². The topological polar surface area (TPSA) is 47.4 Å². The molecule has 2 fully saturated rings. The summed E-state index contributed by atoms with van der Waals surface area (Å²) in [7, 11) is 1.43. The SMILES string of the molecule is COc1cn(-c2cccc(C(F)(F)F)c2)nc1C(=O)N1CCC[C@@H]2CCCC[C@@H]21. The number of amides is 1. The Morgan fingerprint density at radius 3 is 2.69 bits per heavy atom. The van der Waals surface area contributed by atoms with Crippen molar-refractivity contribution < 1.29 is 22.7 Å². The number of hydrogen-bond acceptors (Lipinski definition) is 3. The molecule has 0 bridgehead atoms. The van der Waals surface area contributed by atoms with Gasteiger partial charge in [-0.15, -0.1) is 0 Å². The van der Waals surface area contributed by atoms with Gasteiger partial charge < -0.3 is 9.64 Å². The lowest BCUT2D eigenvalue weighted by Gasteiger charge is -2.43. The summed E-state index contributed by atoms with van der Waals surface area (Å²) in [6.07, 6.45) is 3.57. The third-order valence-corrected chi connectivity index (χ3v) is 6.05. The molecule has 0 N–H and O–H groups in total. The number of likely N-dealkylation sites (tertiary alicyclic amines) is 1. The van der Waals surface area contributed by atoms with E-state index < -0.39 is 11.7 Å². The Labute approximate surface area is 167 Å². The molecule has 1 aliphatic carbocycles. The first-order chi connectivity index (χ1) is 13.9. The van der Waals surface area contributed by atoms with E-state index in [4.69, 9.17) is 4.74 Å². The predicted molar refractivity (Wildman–Crippen MR) is 101 cm³/mol. The molecule has 1 aromatic heterocycles. The largest absolute Gasteiger partial charge is 0.493 e. The predicted octanol–water partition coefficient (Wildman–Crippen LogP) is 4.69. The maximum atomic E-state index is 13.3. The van der Waals surface area contributed by atoms with Gasteiger partial charge in [-0.2, -0.15) is 18.3 Å². The molecule has 1 amide bonds. The summed E-state index contributed by atoms with van der Waals surface area (Å²) in [5, 5.41) is 4.32. The third-order valence-electron chi connectivity index (χ3n) is 6.05. The fourth-order valence-corrected chi connectivity index (χ4v) is 4.63. The quantitative estimate of drug-likeness (QED) is 0.741. The summed E-state index contributed by atoms with van der Waals surface area (Å²) in [4.78, 5) is 15.2. The standard InChI is InChI=1S/C21H24F3N3O2/c1-29-18-13-27(16-9-4-8-15(12-16)21(22,23)24)25-19(18)20(28)26-11-5-7-14-6-2-3-10-17(14)26/h4,8-9,12-14,17H,2-3,5-7,10-11H2,1H3/t14-,17-/m0/s1. The molecule has 4 rings (SSSR count). The Kier molecular flexibility index (Phi) is 5.27. The summed E-state index contributed by atoms with van der Waals surface area (Å²) < 4.78 is 45.8. The van der Waals surface area contributed by atoms with Crippen molar-refractivity contribution in [3.8, 4) is 11.4 Å². The van der Waals surface area contributed by atoms with Crippen molar-refractivity contribution in [3.63, 3.8) is 0 Å². The average molecular weight is 407 g/mol. The van der Waals surface area contributed by atoms with Crippen LogP contribution in [-0.4, -0.2) is 40.3 Å². The molecule has 5 nitrogen and oxygen atoms in total. The molecule has 156 valence electrons. The smallest absolute Gasteiger partial charge is 0.416 e. The molecule has 1 aromatic carbocycles. The summed E-state index contributed by atoms with van der Waals surface area (Å²) >= 11 is 0. The van der Waals surface area contributed by atoms with Crippen LogP contribution in [0.25, 0.3) is 5.69 Å². The van der Waals surface area contributed by atoms with Gasteiger partial charge in [-0.05, 0) is 49.8 Å². The molecular formula is C21H24F3N3O2. The minimum absolute atomic E-state index is 0.149. The lowest BCUT2D eigenvalue weighted by Crippen LogP contribution is -2.49. The Balaban J connectivity index is 1.65. The number of piperidine rings is 1. The van der Waals surface area contributed by atoms with Gasteiger partial charge in [0, 0.05) is 12.6 Å². The van der Waals surface area contributed by atoms with Crippen LogP contribution in [-0.2, 0) is 6.18 Å². The number of benzene rings is 1. The summed E-state index contributed by atoms with van der Waals surface area (Å²) in [5.74, 6) is 0.590. The van der Waals surface area contributed by atoms with Crippen molar-refractivity contribution in [3.05, 3.63) is 41.7 Å². The van der Waals surface area contributed by atoms with Crippen molar-refractivity contribution >= 4 is 5.91 Å². The van der Waals surface area contributed by atoms with Crippen molar-refractivity contribution in [2.75, 3.05) is 13.7 Å². The van der Waals surface area contributed by atoms with Crippen LogP contribution in [0.2, 0.25) is 0 Å². The second-order valence-corrected chi connectivity index (χ2v) is 7.79. The average Bonchev–Trinajstić information content (AvgIpc) is 3.17. The van der Waals surface area contributed by atoms with Crippen LogP contribution in [0.4, 0.5) is 13.2 Å². The van der Waals surface area contributed by atoms with Crippen molar-refractivity contribution in [2.45, 2.75) is 50.7 Å². The van der Waals surface area contributed by atoms with Gasteiger partial charge in [-0.25, -0.2) is 4.68 Å². The fourth-order valence-electron chi connectivity index (χ4n) is 4.63. The zero-order valence-corrected chi connectivity index (χ0v) is 16.3. The number of halogens is 3. The number of nitrogens with zero attached hydrogens (tertiary/aromatic N) is 3. The van der Waals surface area contributed by atoms with Gasteiger partial charge in [0.25, 0.3) is 5.91 Å². The minimum Gasteiger partial charge on any atom is -0.493 e. The van der Waals surface area contributed by atoms with Crippen molar-refractivity contribution in [1.82, 2.24) is 14.7 Å². The number of carbonyl (C=O) groups excluding carboxylic acids is 1. The molecule has 0 spiro atoms. The molecule has 2 atom stereocenters. The van der Waals surface area contributed by atoms with Crippen LogP contribution < -0.4 is 4.74 Å². The van der Waals surface area contributed by atoms with E-state index in [9.17, 15) is 18.0 Å². The molecule has 2 heterocycles. The molecule has 2 aliphatic rings. The Hall–Kier alpha value is -2.51. The van der Waals surface area contributed by atoms with Gasteiger partial charge in [0.15, 0.2) is 11.4 Å². The zero-order valence-electron chi connectivity index (χ0n) is 16.3. The summed E-state index contributed by atoms with van der Waals surface area (Å²) in [5.41, 5.74) is -0.388. The molecule has 1 saturated carbocycles. The number of aromatic nitrogens is 2. The first kappa shape index (κ1) is 19.8. The highest BCUT2D eigenvalue weighted by atomic mass is 19.4. The molecule has 29 heavy (non-hydrogen) atoms. The van der Waals surface area contributed by atoms with Gasteiger partial charge in [-0.3, -0.25) is 4.79 Å². The Bertz CT molecular complexity index is 892. The van der Waals surface area contributed by atoms with E-state index in [1.54, 1.807) is 0 Å². The van der Waals surface area contributed by atoms with E-state index in [0.29, 0.717) is 12.5 Å². The number of rotatable bonds is 3. The van der Waals surface area contributed by atoms with E-state index in [1.807, 2.05) is 4.90 Å². The third kappa shape index (κ3) is 3.84. The molecule has 8 heteroatoms. The van der Waals surface area contributed by atoms with E-state index in [1.165, 1.54) is 36.5 Å². The van der Waals surface area contributed by atoms with Crippen LogP contribution in [0.15, 0.2) is 30.5 Å². The lowest BCUT2D eigenvalue weighted by atomic mass is 9.78. The van der Waals surface area contributed by atoms with Gasteiger partial charge in [0.05, 0.1) is 24.6 Å². The van der Waals surface area contributed by atoms with Crippen molar-refractivity contribution in [1.29, 1.82) is 0 Å². The van der Waals surface area contributed by atoms with Gasteiger partial charge in [-0.1, -0.05) is 18.9 Å². The van der Waals surface area contributed by atoms with Gasteiger partial charge >= 0.3 is 6.18 Å². The second kappa shape index (κ2) is 7.72. The highest BCUT2D eigenvalue weighted by Gasteiger charge is 2.38. The first-order valence-electron chi connectivity index (χ1n) is 10.0. The Morgan fingerprint density at radius 1 is 1.17 bits per heavy atom. The van der Waals surface area contributed by atoms with Gasteiger partial charge in [0.1, 0.15) is 0 Å². The van der Waals surface area contributed by atoms with Gasteiger partial charge in [0.2, 0.25) is 0 Å². The number of methoxy groups -OCH3 is 1.